The molecular formula is C17H22N4O3. The number of carbonyl (C=O) groups excluding carboxylic acids is 2. The molecule has 0 aliphatic carbocycles. The van der Waals surface area contributed by atoms with Crippen LogP contribution in [-0.2, 0) is 24.3 Å². The number of furan rings is 1. The minimum Gasteiger partial charge on any atom is -0.467 e. The number of aromatic amines is 1. The van der Waals surface area contributed by atoms with Gasteiger partial charge in [-0.15, -0.1) is 0 Å². The highest BCUT2D eigenvalue weighted by Gasteiger charge is 2.27. The third-order valence-corrected chi connectivity index (χ3v) is 4.25. The summed E-state index contributed by atoms with van der Waals surface area (Å²) in [6, 6.07) is 3.58. The number of hydrogen-bond donors (Lipinski definition) is 2. The van der Waals surface area contributed by atoms with Crippen LogP contribution in [0.15, 0.2) is 22.8 Å². The molecule has 0 saturated heterocycles. The molecule has 7 nitrogen and oxygen atoms in total. The molecule has 0 fully saturated rings. The van der Waals surface area contributed by atoms with Crippen LogP contribution in [0, 0.1) is 0 Å². The molecule has 0 bridgehead atoms. The fourth-order valence-corrected chi connectivity index (χ4v) is 2.85. The van der Waals surface area contributed by atoms with Crippen molar-refractivity contribution in [1.82, 2.24) is 20.4 Å². The highest BCUT2D eigenvalue weighted by Crippen LogP contribution is 2.21. The van der Waals surface area contributed by atoms with Crippen molar-refractivity contribution in [3.63, 3.8) is 0 Å². The van der Waals surface area contributed by atoms with Gasteiger partial charge in [0.1, 0.15) is 5.76 Å². The normalized spacial score (nSPS) is 13.6. The molecule has 2 aromatic heterocycles. The monoisotopic (exact) mass is 330 g/mol. The Morgan fingerprint density at radius 1 is 1.46 bits per heavy atom. The number of hydrogen-bond acceptors (Lipinski definition) is 4. The first kappa shape index (κ1) is 16.3. The maximum Gasteiger partial charge on any atom is 0.272 e. The highest BCUT2D eigenvalue weighted by atomic mass is 16.3. The van der Waals surface area contributed by atoms with Crippen molar-refractivity contribution < 1.29 is 14.0 Å². The number of nitrogens with one attached hydrogen (secondary N) is 2. The van der Waals surface area contributed by atoms with E-state index in [2.05, 4.69) is 22.4 Å². The van der Waals surface area contributed by atoms with E-state index in [0.717, 1.165) is 24.1 Å². The number of nitrogens with zero attached hydrogens (tertiary/aromatic N) is 2. The Bertz CT molecular complexity index is 705. The molecule has 0 saturated carbocycles. The molecule has 3 rings (SSSR count). The van der Waals surface area contributed by atoms with Crippen molar-refractivity contribution in [2.75, 3.05) is 6.54 Å². The second kappa shape index (κ2) is 7.33. The number of carbonyl (C=O) groups is 2. The van der Waals surface area contributed by atoms with Crippen molar-refractivity contribution in [3.8, 4) is 0 Å². The third-order valence-electron chi connectivity index (χ3n) is 4.25. The van der Waals surface area contributed by atoms with Gasteiger partial charge in [0.2, 0.25) is 5.91 Å². The highest BCUT2D eigenvalue weighted by molar-refractivity contribution is 5.94. The second-order valence-corrected chi connectivity index (χ2v) is 5.96. The summed E-state index contributed by atoms with van der Waals surface area (Å²) in [5.41, 5.74) is 2.13. The second-order valence-electron chi connectivity index (χ2n) is 5.96. The molecule has 0 spiro atoms. The van der Waals surface area contributed by atoms with E-state index in [9.17, 15) is 9.59 Å². The zero-order valence-corrected chi connectivity index (χ0v) is 13.8. The van der Waals surface area contributed by atoms with E-state index < -0.39 is 0 Å². The Labute approximate surface area is 140 Å². The molecule has 3 heterocycles. The van der Waals surface area contributed by atoms with E-state index >= 15 is 0 Å². The maximum atomic E-state index is 12.4. The van der Waals surface area contributed by atoms with Crippen molar-refractivity contribution >= 4 is 11.8 Å². The first-order valence-corrected chi connectivity index (χ1v) is 8.33. The molecule has 0 unspecified atom stereocenters. The van der Waals surface area contributed by atoms with Gasteiger partial charge in [0.15, 0.2) is 5.69 Å². The predicted octanol–water partition coefficient (Wildman–Crippen LogP) is 2.01. The average molecular weight is 330 g/mol. The van der Waals surface area contributed by atoms with Crippen molar-refractivity contribution in [2.45, 2.75) is 45.7 Å². The van der Waals surface area contributed by atoms with Crippen LogP contribution in [-0.4, -0.2) is 33.5 Å². The van der Waals surface area contributed by atoms with E-state index in [-0.39, 0.29) is 11.8 Å². The van der Waals surface area contributed by atoms with Crippen LogP contribution in [0.1, 0.15) is 53.7 Å². The first-order valence-electron chi connectivity index (χ1n) is 8.33. The standard InChI is InChI=1S/C17H22N4O3/c1-2-3-6-15(22)21-8-7-14-13(11-21)16(20-19-14)17(23)18-10-12-5-4-9-24-12/h4-5,9H,2-3,6-8,10-11H2,1H3,(H,18,23)(H,19,20). The molecule has 7 heteroatoms. The van der Waals surface area contributed by atoms with E-state index in [0.29, 0.717) is 43.9 Å². The molecule has 2 aromatic rings. The number of fused-ring (bicyclic) bond motifs is 1. The Morgan fingerprint density at radius 3 is 3.08 bits per heavy atom. The van der Waals surface area contributed by atoms with Crippen LogP contribution in [0.4, 0.5) is 0 Å². The summed E-state index contributed by atoms with van der Waals surface area (Å²) in [6.45, 7) is 3.49. The lowest BCUT2D eigenvalue weighted by atomic mass is 10.0. The van der Waals surface area contributed by atoms with Gasteiger partial charge < -0.3 is 14.6 Å². The Balaban J connectivity index is 1.66. The van der Waals surface area contributed by atoms with Gasteiger partial charge in [-0.05, 0) is 18.6 Å². The summed E-state index contributed by atoms with van der Waals surface area (Å²) >= 11 is 0. The van der Waals surface area contributed by atoms with E-state index in [4.69, 9.17) is 4.42 Å². The molecule has 128 valence electrons. The molecule has 0 radical (unpaired) electrons. The average Bonchev–Trinajstić information content (AvgIpc) is 3.26. The largest absolute Gasteiger partial charge is 0.467 e. The van der Waals surface area contributed by atoms with E-state index in [1.165, 1.54) is 0 Å². The Hall–Kier alpha value is -2.57. The molecular weight excluding hydrogens is 308 g/mol. The van der Waals surface area contributed by atoms with E-state index in [1.54, 1.807) is 18.4 Å². The summed E-state index contributed by atoms with van der Waals surface area (Å²) in [7, 11) is 0. The van der Waals surface area contributed by atoms with Crippen molar-refractivity contribution in [1.29, 1.82) is 0 Å². The van der Waals surface area contributed by atoms with Gasteiger partial charge in [-0.3, -0.25) is 14.7 Å². The Kier molecular flexibility index (Phi) is 4.98. The summed E-state index contributed by atoms with van der Waals surface area (Å²) in [5, 5.41) is 9.88. The lowest BCUT2D eigenvalue weighted by Crippen LogP contribution is -2.36. The van der Waals surface area contributed by atoms with Gasteiger partial charge in [-0.1, -0.05) is 13.3 Å². The summed E-state index contributed by atoms with van der Waals surface area (Å²) < 4.78 is 5.20. The van der Waals surface area contributed by atoms with Gasteiger partial charge in [0.25, 0.3) is 5.91 Å². The van der Waals surface area contributed by atoms with Crippen LogP contribution in [0.5, 0.6) is 0 Å². The van der Waals surface area contributed by atoms with Crippen LogP contribution < -0.4 is 5.32 Å². The predicted molar refractivity (Wildman–Crippen MR) is 87.1 cm³/mol. The molecule has 1 aliphatic heterocycles. The molecule has 2 N–H and O–H groups in total. The number of H-pyrrole nitrogens is 1. The zero-order chi connectivity index (χ0) is 16.9. The smallest absolute Gasteiger partial charge is 0.272 e. The lowest BCUT2D eigenvalue weighted by molar-refractivity contribution is -0.132. The minimum atomic E-state index is -0.258. The number of rotatable bonds is 6. The van der Waals surface area contributed by atoms with Gasteiger partial charge in [0.05, 0.1) is 12.8 Å². The molecule has 1 aliphatic rings. The number of unbranched alkanes of at least 4 members (excludes halogenated alkanes) is 1. The third kappa shape index (κ3) is 3.50. The topological polar surface area (TPSA) is 91.2 Å². The summed E-state index contributed by atoms with van der Waals surface area (Å²) in [5.74, 6) is 0.571. The fourth-order valence-electron chi connectivity index (χ4n) is 2.85. The van der Waals surface area contributed by atoms with Gasteiger partial charge in [0, 0.05) is 37.2 Å². The van der Waals surface area contributed by atoms with Crippen LogP contribution in [0.2, 0.25) is 0 Å². The Morgan fingerprint density at radius 2 is 2.33 bits per heavy atom. The lowest BCUT2D eigenvalue weighted by Gasteiger charge is -2.27. The van der Waals surface area contributed by atoms with Crippen LogP contribution >= 0.6 is 0 Å². The maximum absolute atomic E-state index is 12.4. The van der Waals surface area contributed by atoms with Gasteiger partial charge in [-0.2, -0.15) is 5.10 Å². The van der Waals surface area contributed by atoms with Crippen molar-refractivity contribution in [2.24, 2.45) is 0 Å². The number of aromatic nitrogens is 2. The van der Waals surface area contributed by atoms with Crippen LogP contribution in [0.3, 0.4) is 0 Å². The van der Waals surface area contributed by atoms with Crippen molar-refractivity contribution in [3.05, 3.63) is 41.1 Å². The molecule has 2 amide bonds. The van der Waals surface area contributed by atoms with Gasteiger partial charge >= 0.3 is 0 Å². The molecule has 24 heavy (non-hydrogen) atoms. The summed E-state index contributed by atoms with van der Waals surface area (Å²) in [6.07, 6.45) is 4.72. The fraction of sp³-hybridized carbons (Fsp3) is 0.471. The van der Waals surface area contributed by atoms with Gasteiger partial charge in [-0.25, -0.2) is 0 Å². The summed E-state index contributed by atoms with van der Waals surface area (Å²) in [4.78, 5) is 26.4. The molecule has 0 aromatic carbocycles. The van der Waals surface area contributed by atoms with Crippen LogP contribution in [0.25, 0.3) is 0 Å². The quantitative estimate of drug-likeness (QED) is 0.847. The SMILES string of the molecule is CCCCC(=O)N1CCc2[nH]nc(C(=O)NCc3ccco3)c2C1. The first-order chi connectivity index (χ1) is 11.7. The zero-order valence-electron chi connectivity index (χ0n) is 13.8. The number of amides is 2. The minimum absolute atomic E-state index is 0.144. The molecule has 0 atom stereocenters. The van der Waals surface area contributed by atoms with E-state index in [1.807, 2.05) is 4.90 Å².